The summed E-state index contributed by atoms with van der Waals surface area (Å²) in [4.78, 5) is 65.5. The Morgan fingerprint density at radius 2 is 1.88 bits per heavy atom. The van der Waals surface area contributed by atoms with E-state index in [9.17, 15) is 28.4 Å². The lowest BCUT2D eigenvalue weighted by atomic mass is 9.93. The van der Waals surface area contributed by atoms with Gasteiger partial charge in [-0.25, -0.2) is 4.39 Å². The summed E-state index contributed by atoms with van der Waals surface area (Å²) in [6.07, 6.45) is 7.19. The molecule has 3 rings (SSSR count). The third kappa shape index (κ3) is 7.06. The molecular formula is C22H28FN5O5. The average molecular weight is 461 g/mol. The van der Waals surface area contributed by atoms with Crippen molar-refractivity contribution in [2.75, 3.05) is 13.1 Å². The van der Waals surface area contributed by atoms with Crippen molar-refractivity contribution in [1.29, 1.82) is 0 Å². The van der Waals surface area contributed by atoms with Crippen LogP contribution in [0.15, 0.2) is 18.5 Å². The number of carbonyl (C=O) groups excluding carboxylic acids is 5. The normalized spacial score (nSPS) is 19.3. The fourth-order valence-electron chi connectivity index (χ4n) is 4.09. The van der Waals surface area contributed by atoms with Gasteiger partial charge in [-0.1, -0.05) is 19.3 Å². The van der Waals surface area contributed by atoms with Gasteiger partial charge in [0.15, 0.2) is 0 Å². The smallest absolute Gasteiger partial charge is 0.289 e. The number of amides is 4. The van der Waals surface area contributed by atoms with E-state index in [4.69, 9.17) is 0 Å². The number of rotatable bonds is 9. The molecule has 11 heteroatoms. The van der Waals surface area contributed by atoms with Crippen LogP contribution in [0, 0.1) is 11.7 Å². The molecule has 2 unspecified atom stereocenters. The van der Waals surface area contributed by atoms with Crippen molar-refractivity contribution in [2.45, 2.75) is 57.0 Å². The zero-order valence-electron chi connectivity index (χ0n) is 18.2. The van der Waals surface area contributed by atoms with Crippen LogP contribution in [0.5, 0.6) is 0 Å². The molecular weight excluding hydrogens is 433 g/mol. The fraction of sp³-hybridized carbons (Fsp3) is 0.545. The van der Waals surface area contributed by atoms with Crippen LogP contribution >= 0.6 is 0 Å². The summed E-state index contributed by atoms with van der Waals surface area (Å²) in [5.74, 6) is -4.48. The van der Waals surface area contributed by atoms with Gasteiger partial charge in [-0.2, -0.15) is 0 Å². The van der Waals surface area contributed by atoms with E-state index >= 15 is 0 Å². The number of aromatic nitrogens is 1. The summed E-state index contributed by atoms with van der Waals surface area (Å²) in [5, 5.41) is 10.2. The van der Waals surface area contributed by atoms with Crippen LogP contribution in [0.3, 0.4) is 0 Å². The Morgan fingerprint density at radius 1 is 1.12 bits per heavy atom. The Balaban J connectivity index is 1.59. The Morgan fingerprint density at radius 3 is 2.55 bits per heavy atom. The minimum atomic E-state index is -1.21. The van der Waals surface area contributed by atoms with Crippen LogP contribution < -0.4 is 21.3 Å². The lowest BCUT2D eigenvalue weighted by Crippen LogP contribution is -2.52. The topological polar surface area (TPSA) is 146 Å². The summed E-state index contributed by atoms with van der Waals surface area (Å²) in [5.41, 5.74) is -0.0649. The maximum Gasteiger partial charge on any atom is 0.289 e. The van der Waals surface area contributed by atoms with Gasteiger partial charge >= 0.3 is 0 Å². The minimum Gasteiger partial charge on any atom is -0.356 e. The van der Waals surface area contributed by atoms with Crippen molar-refractivity contribution in [2.24, 2.45) is 5.92 Å². The Kier molecular flexibility index (Phi) is 8.45. The summed E-state index contributed by atoms with van der Waals surface area (Å²) >= 11 is 0. The highest BCUT2D eigenvalue weighted by atomic mass is 19.1. The Labute approximate surface area is 190 Å². The van der Waals surface area contributed by atoms with Crippen molar-refractivity contribution in [3.8, 4) is 0 Å². The third-order valence-electron chi connectivity index (χ3n) is 5.88. The van der Waals surface area contributed by atoms with Crippen molar-refractivity contribution in [3.63, 3.8) is 0 Å². The van der Waals surface area contributed by atoms with Crippen LogP contribution in [0.2, 0.25) is 0 Å². The van der Waals surface area contributed by atoms with E-state index in [1.54, 1.807) is 0 Å². The summed E-state index contributed by atoms with van der Waals surface area (Å²) < 4.78 is 13.2. The van der Waals surface area contributed by atoms with Crippen molar-refractivity contribution >= 4 is 29.4 Å². The number of halogens is 1. The highest BCUT2D eigenvalue weighted by Crippen LogP contribution is 2.19. The third-order valence-corrected chi connectivity index (χ3v) is 5.88. The van der Waals surface area contributed by atoms with Crippen LogP contribution in [-0.2, 0) is 19.2 Å². The maximum atomic E-state index is 13.2. The molecule has 4 N–H and O–H groups in total. The number of nitrogens with one attached hydrogen (secondary N) is 4. The van der Waals surface area contributed by atoms with Crippen LogP contribution in [0.1, 0.15) is 55.3 Å². The molecule has 2 atom stereocenters. The standard InChI is InChI=1S/C22H28FN5O5/c23-15-8-14(10-24-11-15)21(32)26-12-18(29)28-17(9-13-6-7-25-20(13)31)19(30)22(33)27-16-4-2-1-3-5-16/h8,10-11,13,16-17H,1-7,9,12H2,(H,25,31)(H,26,32)(H,27,33)(H,28,29). The zero-order chi connectivity index (χ0) is 23.8. The van der Waals surface area contributed by atoms with Gasteiger partial charge in [0.2, 0.25) is 17.6 Å². The number of nitrogens with zero attached hydrogens (tertiary/aromatic N) is 1. The predicted molar refractivity (Wildman–Crippen MR) is 114 cm³/mol. The maximum absolute atomic E-state index is 13.2. The summed E-state index contributed by atoms with van der Waals surface area (Å²) in [6, 6.07) is -0.316. The second kappa shape index (κ2) is 11.5. The van der Waals surface area contributed by atoms with Crippen LogP contribution in [-0.4, -0.2) is 59.6 Å². The van der Waals surface area contributed by atoms with Gasteiger partial charge < -0.3 is 21.3 Å². The highest BCUT2D eigenvalue weighted by Gasteiger charge is 2.34. The first-order valence-corrected chi connectivity index (χ1v) is 11.1. The van der Waals surface area contributed by atoms with Gasteiger partial charge in [-0.3, -0.25) is 29.0 Å². The molecule has 10 nitrogen and oxygen atoms in total. The molecule has 0 radical (unpaired) electrons. The van der Waals surface area contributed by atoms with E-state index in [0.717, 1.165) is 50.6 Å². The quantitative estimate of drug-likeness (QED) is 0.380. The van der Waals surface area contributed by atoms with E-state index < -0.39 is 47.8 Å². The molecule has 4 amide bonds. The second-order valence-electron chi connectivity index (χ2n) is 8.38. The van der Waals surface area contributed by atoms with E-state index in [1.807, 2.05) is 0 Å². The lowest BCUT2D eigenvalue weighted by molar-refractivity contribution is -0.141. The molecule has 1 saturated carbocycles. The average Bonchev–Trinajstić information content (AvgIpc) is 3.21. The molecule has 2 fully saturated rings. The van der Waals surface area contributed by atoms with E-state index in [0.29, 0.717) is 13.0 Å². The van der Waals surface area contributed by atoms with Gasteiger partial charge in [0.05, 0.1) is 24.3 Å². The molecule has 0 aromatic carbocycles. The first-order chi connectivity index (χ1) is 15.8. The van der Waals surface area contributed by atoms with E-state index in [2.05, 4.69) is 26.3 Å². The first-order valence-electron chi connectivity index (χ1n) is 11.1. The molecule has 1 aromatic heterocycles. The monoisotopic (exact) mass is 461 g/mol. The van der Waals surface area contributed by atoms with Crippen LogP contribution in [0.25, 0.3) is 0 Å². The SMILES string of the molecule is O=C(CNC(=O)c1cncc(F)c1)NC(CC1CCNC1=O)C(=O)C(=O)NC1CCCCC1. The number of hydrogen-bond donors (Lipinski definition) is 4. The van der Waals surface area contributed by atoms with Gasteiger partial charge in [-0.15, -0.1) is 0 Å². The molecule has 1 saturated heterocycles. The Bertz CT molecular complexity index is 918. The van der Waals surface area contributed by atoms with Crippen molar-refractivity contribution < 1.29 is 28.4 Å². The van der Waals surface area contributed by atoms with Crippen molar-refractivity contribution in [3.05, 3.63) is 29.8 Å². The summed E-state index contributed by atoms with van der Waals surface area (Å²) in [7, 11) is 0. The number of carbonyl (C=O) groups is 5. The molecule has 1 aliphatic carbocycles. The zero-order valence-corrected chi connectivity index (χ0v) is 18.2. The highest BCUT2D eigenvalue weighted by molar-refractivity contribution is 6.38. The molecule has 1 aromatic rings. The molecule has 2 aliphatic rings. The number of hydrogen-bond acceptors (Lipinski definition) is 6. The van der Waals surface area contributed by atoms with Gasteiger partial charge in [-0.05, 0) is 31.7 Å². The predicted octanol–water partition coefficient (Wildman–Crippen LogP) is -0.0205. The summed E-state index contributed by atoms with van der Waals surface area (Å²) in [6.45, 7) is -0.0371. The first kappa shape index (κ1) is 24.3. The number of pyridine rings is 1. The van der Waals surface area contributed by atoms with Crippen LogP contribution in [0.4, 0.5) is 4.39 Å². The van der Waals surface area contributed by atoms with E-state index in [-0.39, 0.29) is 23.9 Å². The van der Waals surface area contributed by atoms with Gasteiger partial charge in [0.25, 0.3) is 11.8 Å². The lowest BCUT2D eigenvalue weighted by Gasteiger charge is -2.24. The Hall–Kier alpha value is -3.37. The molecule has 33 heavy (non-hydrogen) atoms. The van der Waals surface area contributed by atoms with E-state index in [1.165, 1.54) is 0 Å². The molecule has 178 valence electrons. The van der Waals surface area contributed by atoms with Gasteiger partial charge in [0, 0.05) is 24.7 Å². The largest absolute Gasteiger partial charge is 0.356 e. The molecule has 2 heterocycles. The van der Waals surface area contributed by atoms with Gasteiger partial charge in [0.1, 0.15) is 5.82 Å². The number of Topliss-reactive ketones (excluding diaryl/α,β-unsaturated/α-hetero) is 1. The molecule has 1 aliphatic heterocycles. The molecule has 0 spiro atoms. The number of ketones is 1. The molecule has 0 bridgehead atoms. The second-order valence-corrected chi connectivity index (χ2v) is 8.38. The minimum absolute atomic E-state index is 0.0176. The van der Waals surface area contributed by atoms with Crippen molar-refractivity contribution in [1.82, 2.24) is 26.3 Å². The fourth-order valence-corrected chi connectivity index (χ4v) is 4.09.